The SMILES string of the molecule is COC(=O)C1CCN(C(=O)C(C)N2CC3C4CCC(O4)C3C2)CC1. The van der Waals surface area contributed by atoms with E-state index in [1.807, 2.05) is 11.8 Å². The molecule has 0 aliphatic carbocycles. The van der Waals surface area contributed by atoms with Gasteiger partial charge in [-0.1, -0.05) is 0 Å². The molecule has 4 rings (SSSR count). The van der Waals surface area contributed by atoms with Crippen LogP contribution in [0, 0.1) is 17.8 Å². The van der Waals surface area contributed by atoms with Gasteiger partial charge in [0.2, 0.25) is 5.91 Å². The molecule has 2 bridgehead atoms. The molecular weight excluding hydrogens is 308 g/mol. The van der Waals surface area contributed by atoms with Gasteiger partial charge in [0.1, 0.15) is 0 Å². The summed E-state index contributed by atoms with van der Waals surface area (Å²) >= 11 is 0. The molecule has 0 aromatic carbocycles. The number of carbonyl (C=O) groups is 2. The minimum Gasteiger partial charge on any atom is -0.469 e. The summed E-state index contributed by atoms with van der Waals surface area (Å²) in [6, 6.07) is -0.0651. The van der Waals surface area contributed by atoms with Crippen molar-refractivity contribution in [1.82, 2.24) is 9.80 Å². The number of nitrogens with zero attached hydrogens (tertiary/aromatic N) is 2. The number of amides is 1. The third-order valence-corrected chi connectivity index (χ3v) is 6.73. The monoisotopic (exact) mass is 336 g/mol. The summed E-state index contributed by atoms with van der Waals surface area (Å²) in [7, 11) is 1.43. The Bertz CT molecular complexity index is 499. The van der Waals surface area contributed by atoms with Crippen molar-refractivity contribution in [2.24, 2.45) is 17.8 Å². The van der Waals surface area contributed by atoms with Crippen LogP contribution in [-0.2, 0) is 19.1 Å². The van der Waals surface area contributed by atoms with E-state index in [2.05, 4.69) is 4.90 Å². The predicted molar refractivity (Wildman–Crippen MR) is 87.2 cm³/mol. The zero-order chi connectivity index (χ0) is 16.8. The van der Waals surface area contributed by atoms with Crippen molar-refractivity contribution in [3.05, 3.63) is 0 Å². The Morgan fingerprint density at radius 1 is 1.04 bits per heavy atom. The highest BCUT2D eigenvalue weighted by atomic mass is 16.5. The first-order valence-corrected chi connectivity index (χ1v) is 9.34. The first kappa shape index (κ1) is 16.3. The van der Waals surface area contributed by atoms with Crippen LogP contribution in [0.15, 0.2) is 0 Å². The van der Waals surface area contributed by atoms with Crippen molar-refractivity contribution in [2.75, 3.05) is 33.3 Å². The molecule has 4 fully saturated rings. The van der Waals surface area contributed by atoms with E-state index in [4.69, 9.17) is 9.47 Å². The Kier molecular flexibility index (Phi) is 4.29. The second-order valence-electron chi connectivity index (χ2n) is 7.87. The number of ether oxygens (including phenoxy) is 2. The van der Waals surface area contributed by atoms with Gasteiger partial charge in [-0.15, -0.1) is 0 Å². The Hall–Kier alpha value is -1.14. The van der Waals surface area contributed by atoms with E-state index in [1.165, 1.54) is 20.0 Å². The maximum absolute atomic E-state index is 12.9. The van der Waals surface area contributed by atoms with Crippen LogP contribution in [0.1, 0.15) is 32.6 Å². The van der Waals surface area contributed by atoms with Gasteiger partial charge in [-0.2, -0.15) is 0 Å². The summed E-state index contributed by atoms with van der Waals surface area (Å²) in [5.74, 6) is 1.28. The lowest BCUT2D eigenvalue weighted by Crippen LogP contribution is -2.50. The summed E-state index contributed by atoms with van der Waals surface area (Å²) in [4.78, 5) is 28.8. The molecule has 4 aliphatic rings. The van der Waals surface area contributed by atoms with Gasteiger partial charge in [-0.25, -0.2) is 0 Å². The zero-order valence-corrected chi connectivity index (χ0v) is 14.6. The average molecular weight is 336 g/mol. The van der Waals surface area contributed by atoms with Gasteiger partial charge in [0.15, 0.2) is 0 Å². The summed E-state index contributed by atoms with van der Waals surface area (Å²) in [6.07, 6.45) is 4.70. The average Bonchev–Trinajstić information content (AvgIpc) is 3.32. The molecular formula is C18H28N2O4. The second kappa shape index (κ2) is 6.30. The summed E-state index contributed by atoms with van der Waals surface area (Å²) in [6.45, 7) is 5.36. The highest BCUT2D eigenvalue weighted by Gasteiger charge is 2.54. The number of piperidine rings is 1. The number of hydrogen-bond donors (Lipinski definition) is 0. The first-order chi connectivity index (χ1) is 11.6. The fourth-order valence-corrected chi connectivity index (χ4v) is 5.23. The number of likely N-dealkylation sites (tertiary alicyclic amines) is 2. The fraction of sp³-hybridized carbons (Fsp3) is 0.889. The lowest BCUT2D eigenvalue weighted by atomic mass is 9.82. The smallest absolute Gasteiger partial charge is 0.308 e. The van der Waals surface area contributed by atoms with Crippen LogP contribution in [-0.4, -0.2) is 73.2 Å². The van der Waals surface area contributed by atoms with Crippen LogP contribution >= 0.6 is 0 Å². The molecule has 6 nitrogen and oxygen atoms in total. The van der Waals surface area contributed by atoms with Crippen LogP contribution in [0.3, 0.4) is 0 Å². The molecule has 4 aliphatic heterocycles. The number of carbonyl (C=O) groups excluding carboxylic acids is 2. The Balaban J connectivity index is 1.32. The van der Waals surface area contributed by atoms with Crippen LogP contribution in [0.25, 0.3) is 0 Å². The molecule has 0 aromatic rings. The molecule has 4 saturated heterocycles. The summed E-state index contributed by atoms with van der Waals surface area (Å²) < 4.78 is 10.8. The maximum atomic E-state index is 12.9. The minimum absolute atomic E-state index is 0.0479. The number of hydrogen-bond acceptors (Lipinski definition) is 5. The van der Waals surface area contributed by atoms with E-state index in [0.29, 0.717) is 50.0 Å². The molecule has 134 valence electrons. The van der Waals surface area contributed by atoms with Crippen LogP contribution in [0.4, 0.5) is 0 Å². The molecule has 0 saturated carbocycles. The van der Waals surface area contributed by atoms with Gasteiger partial charge in [-0.3, -0.25) is 14.5 Å². The van der Waals surface area contributed by atoms with E-state index >= 15 is 0 Å². The Morgan fingerprint density at radius 2 is 1.62 bits per heavy atom. The normalized spacial score (nSPS) is 37.5. The highest BCUT2D eigenvalue weighted by Crippen LogP contribution is 2.47. The lowest BCUT2D eigenvalue weighted by molar-refractivity contribution is -0.149. The zero-order valence-electron chi connectivity index (χ0n) is 14.6. The van der Waals surface area contributed by atoms with Gasteiger partial charge >= 0.3 is 5.97 Å². The highest BCUT2D eigenvalue weighted by molar-refractivity contribution is 5.82. The number of rotatable bonds is 3. The topological polar surface area (TPSA) is 59.1 Å². The molecule has 4 heterocycles. The Morgan fingerprint density at radius 3 is 2.17 bits per heavy atom. The molecule has 5 unspecified atom stereocenters. The second-order valence-corrected chi connectivity index (χ2v) is 7.87. The van der Waals surface area contributed by atoms with Gasteiger partial charge in [0.05, 0.1) is 31.3 Å². The quantitative estimate of drug-likeness (QED) is 0.717. The molecule has 0 spiro atoms. The van der Waals surface area contributed by atoms with Gasteiger partial charge in [0.25, 0.3) is 0 Å². The molecule has 5 atom stereocenters. The van der Waals surface area contributed by atoms with Crippen molar-refractivity contribution in [2.45, 2.75) is 50.9 Å². The van der Waals surface area contributed by atoms with E-state index < -0.39 is 0 Å². The molecule has 1 amide bonds. The van der Waals surface area contributed by atoms with Crippen molar-refractivity contribution in [3.8, 4) is 0 Å². The molecule has 0 aromatic heterocycles. The van der Waals surface area contributed by atoms with E-state index in [-0.39, 0.29) is 23.8 Å². The van der Waals surface area contributed by atoms with Crippen LogP contribution in [0.2, 0.25) is 0 Å². The van der Waals surface area contributed by atoms with Gasteiger partial charge in [-0.05, 0) is 32.6 Å². The predicted octanol–water partition coefficient (Wildman–Crippen LogP) is 0.896. The van der Waals surface area contributed by atoms with Crippen molar-refractivity contribution >= 4 is 11.9 Å². The molecule has 6 heteroatoms. The van der Waals surface area contributed by atoms with Gasteiger partial charge in [0, 0.05) is 38.0 Å². The Labute approximate surface area is 143 Å². The van der Waals surface area contributed by atoms with Crippen molar-refractivity contribution in [3.63, 3.8) is 0 Å². The van der Waals surface area contributed by atoms with Crippen LogP contribution < -0.4 is 0 Å². The largest absolute Gasteiger partial charge is 0.469 e. The number of fused-ring (bicyclic) bond motifs is 5. The maximum Gasteiger partial charge on any atom is 0.308 e. The van der Waals surface area contributed by atoms with E-state index in [1.54, 1.807) is 0 Å². The minimum atomic E-state index is -0.141. The van der Waals surface area contributed by atoms with Crippen molar-refractivity contribution in [1.29, 1.82) is 0 Å². The fourth-order valence-electron chi connectivity index (χ4n) is 5.23. The van der Waals surface area contributed by atoms with Crippen LogP contribution in [0.5, 0.6) is 0 Å². The number of methoxy groups -OCH3 is 1. The molecule has 24 heavy (non-hydrogen) atoms. The van der Waals surface area contributed by atoms with Crippen molar-refractivity contribution < 1.29 is 19.1 Å². The third kappa shape index (κ3) is 2.64. The first-order valence-electron chi connectivity index (χ1n) is 9.34. The standard InChI is InChI=1S/C18H28N2O4/c1-11(17(21)19-7-5-12(6-8-19)18(22)23-2)20-9-13-14(10-20)16-4-3-15(13)24-16/h11-16H,3-10H2,1-2H3. The van der Waals surface area contributed by atoms with E-state index in [0.717, 1.165) is 13.1 Å². The molecule has 0 radical (unpaired) electrons. The third-order valence-electron chi connectivity index (χ3n) is 6.73. The molecule has 0 N–H and O–H groups in total. The summed E-state index contributed by atoms with van der Waals surface area (Å²) in [5.41, 5.74) is 0. The summed E-state index contributed by atoms with van der Waals surface area (Å²) in [5, 5.41) is 0. The lowest BCUT2D eigenvalue weighted by Gasteiger charge is -2.35. The number of esters is 1. The van der Waals surface area contributed by atoms with E-state index in [9.17, 15) is 9.59 Å². The van der Waals surface area contributed by atoms with Gasteiger partial charge < -0.3 is 14.4 Å².